The van der Waals surface area contributed by atoms with Crippen molar-refractivity contribution in [1.82, 2.24) is 0 Å². The summed E-state index contributed by atoms with van der Waals surface area (Å²) >= 11 is 3.35. The molecule has 0 saturated heterocycles. The quantitative estimate of drug-likeness (QED) is 0.870. The predicted octanol–water partition coefficient (Wildman–Crippen LogP) is 4.20. The van der Waals surface area contributed by atoms with Crippen LogP contribution < -0.4 is 5.73 Å². The maximum Gasteiger partial charge on any atom is 0.128 e. The zero-order chi connectivity index (χ0) is 10.8. The van der Waals surface area contributed by atoms with Crippen molar-refractivity contribution in [3.63, 3.8) is 0 Å². The van der Waals surface area contributed by atoms with Gasteiger partial charge >= 0.3 is 0 Å². The lowest BCUT2D eigenvalue weighted by molar-refractivity contribution is 0.429. The standard InChI is InChI=1S/C12H15BrFN.ClH/c13-9-5-6-11(14)10(7-9)12(15)8-3-1-2-4-8;/h5-8,12H,1-4,15H2;1H/t12-;/m0./s1. The van der Waals surface area contributed by atoms with E-state index in [2.05, 4.69) is 15.9 Å². The minimum atomic E-state index is -0.183. The normalized spacial score (nSPS) is 18.2. The first-order valence-corrected chi connectivity index (χ1v) is 6.18. The lowest BCUT2D eigenvalue weighted by atomic mass is 9.92. The molecule has 1 fully saturated rings. The van der Waals surface area contributed by atoms with Gasteiger partial charge in [-0.15, -0.1) is 12.4 Å². The lowest BCUT2D eigenvalue weighted by Gasteiger charge is -2.19. The summed E-state index contributed by atoms with van der Waals surface area (Å²) in [4.78, 5) is 0. The van der Waals surface area contributed by atoms with Gasteiger partial charge < -0.3 is 5.73 Å². The van der Waals surface area contributed by atoms with Crippen molar-refractivity contribution in [2.75, 3.05) is 0 Å². The molecule has 1 nitrogen and oxygen atoms in total. The predicted molar refractivity (Wildman–Crippen MR) is 70.2 cm³/mol. The molecular formula is C12H16BrClFN. The molecule has 0 amide bonds. The van der Waals surface area contributed by atoms with Crippen molar-refractivity contribution in [1.29, 1.82) is 0 Å². The molecule has 4 heteroatoms. The highest BCUT2D eigenvalue weighted by molar-refractivity contribution is 9.10. The van der Waals surface area contributed by atoms with E-state index in [-0.39, 0.29) is 24.3 Å². The first-order valence-electron chi connectivity index (χ1n) is 5.39. The second kappa shape index (κ2) is 5.99. The molecule has 1 saturated carbocycles. The highest BCUT2D eigenvalue weighted by atomic mass is 79.9. The van der Waals surface area contributed by atoms with Crippen molar-refractivity contribution < 1.29 is 4.39 Å². The Hall–Kier alpha value is -0.120. The minimum absolute atomic E-state index is 0. The molecule has 0 bridgehead atoms. The number of rotatable bonds is 2. The summed E-state index contributed by atoms with van der Waals surface area (Å²) < 4.78 is 14.5. The zero-order valence-electron chi connectivity index (χ0n) is 8.96. The largest absolute Gasteiger partial charge is 0.324 e. The van der Waals surface area contributed by atoms with Crippen molar-refractivity contribution in [2.45, 2.75) is 31.7 Å². The smallest absolute Gasteiger partial charge is 0.128 e. The van der Waals surface area contributed by atoms with E-state index in [1.807, 2.05) is 0 Å². The number of nitrogens with two attached hydrogens (primary N) is 1. The van der Waals surface area contributed by atoms with Gasteiger partial charge in [-0.05, 0) is 37.0 Å². The minimum Gasteiger partial charge on any atom is -0.324 e. The summed E-state index contributed by atoms with van der Waals surface area (Å²) in [5, 5.41) is 0. The molecule has 0 unspecified atom stereocenters. The van der Waals surface area contributed by atoms with Crippen LogP contribution in [0.3, 0.4) is 0 Å². The number of hydrogen-bond donors (Lipinski definition) is 1. The molecule has 2 rings (SSSR count). The summed E-state index contributed by atoms with van der Waals surface area (Å²) in [6.45, 7) is 0. The molecule has 0 aliphatic heterocycles. The average molecular weight is 309 g/mol. The molecule has 0 spiro atoms. The molecule has 0 heterocycles. The Morgan fingerprint density at radius 3 is 2.56 bits per heavy atom. The molecule has 1 aromatic carbocycles. The van der Waals surface area contributed by atoms with Gasteiger partial charge in [0.25, 0.3) is 0 Å². The van der Waals surface area contributed by atoms with Gasteiger partial charge in [0.15, 0.2) is 0 Å². The summed E-state index contributed by atoms with van der Waals surface area (Å²) in [6.07, 6.45) is 4.72. The maximum absolute atomic E-state index is 13.6. The van der Waals surface area contributed by atoms with Crippen LogP contribution in [0.25, 0.3) is 0 Å². The van der Waals surface area contributed by atoms with E-state index in [4.69, 9.17) is 5.73 Å². The van der Waals surface area contributed by atoms with Gasteiger partial charge in [0.05, 0.1) is 0 Å². The van der Waals surface area contributed by atoms with Crippen LogP contribution in [0.15, 0.2) is 22.7 Å². The first-order chi connectivity index (χ1) is 7.18. The van der Waals surface area contributed by atoms with E-state index in [9.17, 15) is 4.39 Å². The highest BCUT2D eigenvalue weighted by Gasteiger charge is 2.25. The molecule has 90 valence electrons. The van der Waals surface area contributed by atoms with Crippen molar-refractivity contribution in [3.05, 3.63) is 34.1 Å². The van der Waals surface area contributed by atoms with Crippen LogP contribution in [0.5, 0.6) is 0 Å². The van der Waals surface area contributed by atoms with Crippen molar-refractivity contribution >= 4 is 28.3 Å². The van der Waals surface area contributed by atoms with Gasteiger partial charge in [0, 0.05) is 16.1 Å². The van der Waals surface area contributed by atoms with Gasteiger partial charge in [-0.1, -0.05) is 28.8 Å². The highest BCUT2D eigenvalue weighted by Crippen LogP contribution is 2.35. The Bertz CT molecular complexity index is 353. The first kappa shape index (κ1) is 13.9. The molecule has 0 radical (unpaired) electrons. The van der Waals surface area contributed by atoms with Gasteiger partial charge in [0.2, 0.25) is 0 Å². The third-order valence-electron chi connectivity index (χ3n) is 3.22. The second-order valence-corrected chi connectivity index (χ2v) is 5.15. The molecule has 16 heavy (non-hydrogen) atoms. The van der Waals surface area contributed by atoms with Gasteiger partial charge in [-0.2, -0.15) is 0 Å². The monoisotopic (exact) mass is 307 g/mol. The molecule has 1 aliphatic carbocycles. The lowest BCUT2D eigenvalue weighted by Crippen LogP contribution is -2.20. The van der Waals surface area contributed by atoms with Crippen LogP contribution in [0.2, 0.25) is 0 Å². The Morgan fingerprint density at radius 2 is 1.94 bits per heavy atom. The summed E-state index contributed by atoms with van der Waals surface area (Å²) in [6, 6.07) is 4.84. The SMILES string of the molecule is Cl.N[C@H](c1cc(Br)ccc1F)C1CCCC1. The van der Waals surface area contributed by atoms with Crippen LogP contribution in [0.1, 0.15) is 37.3 Å². The molecule has 1 aromatic rings. The fourth-order valence-corrected chi connectivity index (χ4v) is 2.72. The molecule has 1 aliphatic rings. The summed E-state index contributed by atoms with van der Waals surface area (Å²) in [7, 11) is 0. The molecular weight excluding hydrogens is 292 g/mol. The fraction of sp³-hybridized carbons (Fsp3) is 0.500. The van der Waals surface area contributed by atoms with E-state index >= 15 is 0 Å². The Morgan fingerprint density at radius 1 is 1.31 bits per heavy atom. The fourth-order valence-electron chi connectivity index (χ4n) is 2.34. The maximum atomic E-state index is 13.6. The van der Waals surface area contributed by atoms with Gasteiger partial charge in [-0.25, -0.2) is 4.39 Å². The number of benzene rings is 1. The molecule has 1 atom stereocenters. The van der Waals surface area contributed by atoms with Crippen LogP contribution in [0, 0.1) is 11.7 Å². The Kier molecular flexibility index (Phi) is 5.22. The molecule has 2 N–H and O–H groups in total. The van der Waals surface area contributed by atoms with Crippen molar-refractivity contribution in [3.8, 4) is 0 Å². The van der Waals surface area contributed by atoms with Crippen molar-refractivity contribution in [2.24, 2.45) is 11.7 Å². The van der Waals surface area contributed by atoms with Gasteiger partial charge in [-0.3, -0.25) is 0 Å². The van der Waals surface area contributed by atoms with Crippen LogP contribution >= 0.6 is 28.3 Å². The average Bonchev–Trinajstić information content (AvgIpc) is 2.74. The molecule has 0 aromatic heterocycles. The van der Waals surface area contributed by atoms with E-state index in [1.54, 1.807) is 12.1 Å². The zero-order valence-corrected chi connectivity index (χ0v) is 11.4. The number of halogens is 3. The summed E-state index contributed by atoms with van der Waals surface area (Å²) in [5.74, 6) is 0.270. The topological polar surface area (TPSA) is 26.0 Å². The van der Waals surface area contributed by atoms with Gasteiger partial charge in [0.1, 0.15) is 5.82 Å². The third-order valence-corrected chi connectivity index (χ3v) is 3.72. The van der Waals surface area contributed by atoms with E-state index in [0.717, 1.165) is 17.3 Å². The third kappa shape index (κ3) is 2.96. The second-order valence-electron chi connectivity index (χ2n) is 4.24. The van der Waals surface area contributed by atoms with E-state index in [1.165, 1.54) is 18.9 Å². The van der Waals surface area contributed by atoms with E-state index < -0.39 is 0 Å². The van der Waals surface area contributed by atoms with Crippen LogP contribution in [0.4, 0.5) is 4.39 Å². The Labute approximate surface area is 110 Å². The number of hydrogen-bond acceptors (Lipinski definition) is 1. The van der Waals surface area contributed by atoms with E-state index in [0.29, 0.717) is 11.5 Å². The van der Waals surface area contributed by atoms with Crippen LogP contribution in [-0.4, -0.2) is 0 Å². The van der Waals surface area contributed by atoms with Crippen LogP contribution in [-0.2, 0) is 0 Å². The summed E-state index contributed by atoms with van der Waals surface area (Å²) in [5.41, 5.74) is 6.76. The Balaban J connectivity index is 0.00000128.